The van der Waals surface area contributed by atoms with E-state index < -0.39 is 5.91 Å². The molecule has 0 aliphatic rings. The summed E-state index contributed by atoms with van der Waals surface area (Å²) in [4.78, 5) is 16.1. The zero-order valence-electron chi connectivity index (χ0n) is 11.4. The minimum atomic E-state index is -0.447. The lowest BCUT2D eigenvalue weighted by Crippen LogP contribution is -2.34. The maximum atomic E-state index is 12.2. The van der Waals surface area contributed by atoms with Gasteiger partial charge in [0.2, 0.25) is 0 Å². The number of rotatable bonds is 3. The molecule has 22 heavy (non-hydrogen) atoms. The molecule has 2 rings (SSSR count). The summed E-state index contributed by atoms with van der Waals surface area (Å²) >= 11 is 16.9. The number of nitrogens with zero attached hydrogens (tertiary/aromatic N) is 1. The molecule has 0 saturated carbocycles. The van der Waals surface area contributed by atoms with E-state index in [1.165, 1.54) is 13.2 Å². The van der Waals surface area contributed by atoms with Crippen LogP contribution in [0.15, 0.2) is 36.5 Å². The zero-order valence-corrected chi connectivity index (χ0v) is 13.7. The van der Waals surface area contributed by atoms with Gasteiger partial charge in [0.05, 0.1) is 18.4 Å². The van der Waals surface area contributed by atoms with E-state index in [-0.39, 0.29) is 15.8 Å². The highest BCUT2D eigenvalue weighted by molar-refractivity contribution is 7.80. The predicted molar refractivity (Wildman–Crippen MR) is 90.9 cm³/mol. The second-order valence-electron chi connectivity index (χ2n) is 4.09. The molecule has 2 N–H and O–H groups in total. The minimum Gasteiger partial charge on any atom is -0.496 e. The first-order valence-corrected chi connectivity index (χ1v) is 7.24. The number of anilines is 1. The van der Waals surface area contributed by atoms with Gasteiger partial charge in [-0.3, -0.25) is 10.1 Å². The number of aromatic nitrogens is 1. The molecule has 0 unspecified atom stereocenters. The number of carbonyl (C=O) groups excluding carboxylic acids is 1. The molecule has 0 fully saturated rings. The molecular formula is C14H11Cl2N3O2S. The third-order valence-corrected chi connectivity index (χ3v) is 3.38. The Labute approximate surface area is 142 Å². The first-order chi connectivity index (χ1) is 10.5. The fourth-order valence-electron chi connectivity index (χ4n) is 1.66. The van der Waals surface area contributed by atoms with Gasteiger partial charge < -0.3 is 10.1 Å². The molecule has 0 atom stereocenters. The van der Waals surface area contributed by atoms with Gasteiger partial charge in [0.15, 0.2) is 10.3 Å². The van der Waals surface area contributed by atoms with Crippen LogP contribution in [0.2, 0.25) is 10.2 Å². The van der Waals surface area contributed by atoms with Crippen molar-refractivity contribution < 1.29 is 9.53 Å². The molecule has 0 aliphatic carbocycles. The summed E-state index contributed by atoms with van der Waals surface area (Å²) in [5.74, 6) is -0.0547. The van der Waals surface area contributed by atoms with Crippen LogP contribution in [-0.2, 0) is 0 Å². The van der Waals surface area contributed by atoms with E-state index in [1.54, 1.807) is 30.5 Å². The maximum Gasteiger partial charge on any atom is 0.261 e. The van der Waals surface area contributed by atoms with Gasteiger partial charge in [-0.1, -0.05) is 23.2 Å². The number of halogens is 2. The van der Waals surface area contributed by atoms with Gasteiger partial charge in [-0.05, 0) is 42.5 Å². The number of pyridine rings is 1. The highest BCUT2D eigenvalue weighted by atomic mass is 35.5. The number of ether oxygens (including phenoxy) is 1. The summed E-state index contributed by atoms with van der Waals surface area (Å²) < 4.78 is 5.13. The van der Waals surface area contributed by atoms with Crippen molar-refractivity contribution in [2.24, 2.45) is 0 Å². The molecule has 0 spiro atoms. The van der Waals surface area contributed by atoms with Crippen LogP contribution in [0.3, 0.4) is 0 Å². The third kappa shape index (κ3) is 4.07. The number of nitrogens with one attached hydrogen (secondary N) is 2. The van der Waals surface area contributed by atoms with Gasteiger partial charge >= 0.3 is 0 Å². The summed E-state index contributed by atoms with van der Waals surface area (Å²) in [5.41, 5.74) is 0.768. The molecule has 1 heterocycles. The molecule has 0 saturated heterocycles. The number of amides is 1. The molecular weight excluding hydrogens is 345 g/mol. The van der Waals surface area contributed by atoms with Gasteiger partial charge in [0.25, 0.3) is 5.91 Å². The molecule has 0 aliphatic heterocycles. The lowest BCUT2D eigenvalue weighted by molar-refractivity contribution is 0.0975. The summed E-state index contributed by atoms with van der Waals surface area (Å²) in [5, 5.41) is 6.08. The fourth-order valence-corrected chi connectivity index (χ4v) is 2.20. The van der Waals surface area contributed by atoms with E-state index >= 15 is 0 Å². The normalized spacial score (nSPS) is 9.95. The first kappa shape index (κ1) is 16.5. The molecule has 2 aromatic rings. The van der Waals surface area contributed by atoms with Crippen LogP contribution >= 0.6 is 35.4 Å². The second kappa shape index (κ2) is 7.40. The van der Waals surface area contributed by atoms with E-state index in [9.17, 15) is 4.79 Å². The van der Waals surface area contributed by atoms with Crippen molar-refractivity contribution in [2.75, 3.05) is 12.4 Å². The lowest BCUT2D eigenvalue weighted by atomic mass is 10.2. The van der Waals surface area contributed by atoms with Crippen molar-refractivity contribution in [3.63, 3.8) is 0 Å². The predicted octanol–water partition coefficient (Wildman–Crippen LogP) is 3.52. The van der Waals surface area contributed by atoms with Gasteiger partial charge in [-0.15, -0.1) is 0 Å². The summed E-state index contributed by atoms with van der Waals surface area (Å²) in [6.45, 7) is 0. The summed E-state index contributed by atoms with van der Waals surface area (Å²) in [6.07, 6.45) is 1.55. The van der Waals surface area contributed by atoms with Crippen molar-refractivity contribution in [1.82, 2.24) is 10.3 Å². The van der Waals surface area contributed by atoms with Crippen LogP contribution < -0.4 is 15.4 Å². The zero-order chi connectivity index (χ0) is 16.1. The third-order valence-electron chi connectivity index (χ3n) is 2.64. The van der Waals surface area contributed by atoms with E-state index in [0.717, 1.165) is 0 Å². The van der Waals surface area contributed by atoms with Crippen LogP contribution in [0.5, 0.6) is 5.75 Å². The Balaban J connectivity index is 2.10. The van der Waals surface area contributed by atoms with Gasteiger partial charge in [-0.25, -0.2) is 4.98 Å². The molecule has 1 aromatic heterocycles. The van der Waals surface area contributed by atoms with E-state index in [4.69, 9.17) is 40.2 Å². The smallest absolute Gasteiger partial charge is 0.261 e. The van der Waals surface area contributed by atoms with Crippen molar-refractivity contribution in [2.45, 2.75) is 0 Å². The number of methoxy groups -OCH3 is 1. The summed E-state index contributed by atoms with van der Waals surface area (Å²) in [7, 11) is 1.46. The number of hydrogen-bond donors (Lipinski definition) is 2. The Bertz CT molecular complexity index is 725. The van der Waals surface area contributed by atoms with Crippen molar-refractivity contribution in [1.29, 1.82) is 0 Å². The molecule has 0 radical (unpaired) electrons. The van der Waals surface area contributed by atoms with Gasteiger partial charge in [0.1, 0.15) is 5.75 Å². The molecule has 0 bridgehead atoms. The highest BCUT2D eigenvalue weighted by Crippen LogP contribution is 2.22. The van der Waals surface area contributed by atoms with Crippen molar-refractivity contribution >= 4 is 52.1 Å². The maximum absolute atomic E-state index is 12.2. The topological polar surface area (TPSA) is 63.2 Å². The standard InChI is InChI=1S/C14H11Cl2N3O2S/c1-21-11-5-4-8(15)7-9(11)13(20)19-14(22)18-10-3-2-6-17-12(10)16/h2-7H,1H3,(H2,18,19,20,22). The van der Waals surface area contributed by atoms with Crippen LogP contribution in [-0.4, -0.2) is 23.1 Å². The lowest BCUT2D eigenvalue weighted by Gasteiger charge is -2.12. The van der Waals surface area contributed by atoms with Crippen molar-refractivity contribution in [3.05, 3.63) is 52.3 Å². The van der Waals surface area contributed by atoms with Crippen LogP contribution in [0, 0.1) is 0 Å². The number of benzene rings is 1. The van der Waals surface area contributed by atoms with Gasteiger partial charge in [-0.2, -0.15) is 0 Å². The Kier molecular flexibility index (Phi) is 5.54. The number of carbonyl (C=O) groups is 1. The minimum absolute atomic E-state index is 0.0851. The fraction of sp³-hybridized carbons (Fsp3) is 0.0714. The molecule has 5 nitrogen and oxygen atoms in total. The van der Waals surface area contributed by atoms with Crippen LogP contribution in [0.4, 0.5) is 5.69 Å². The average molecular weight is 356 g/mol. The molecule has 114 valence electrons. The number of thiocarbonyl (C=S) groups is 1. The van der Waals surface area contributed by atoms with E-state index in [2.05, 4.69) is 15.6 Å². The van der Waals surface area contributed by atoms with Crippen LogP contribution in [0.25, 0.3) is 0 Å². The molecule has 1 amide bonds. The Morgan fingerprint density at radius 3 is 2.77 bits per heavy atom. The SMILES string of the molecule is COc1ccc(Cl)cc1C(=O)NC(=S)Nc1cccnc1Cl. The average Bonchev–Trinajstić information content (AvgIpc) is 2.49. The van der Waals surface area contributed by atoms with E-state index in [1.807, 2.05) is 0 Å². The quantitative estimate of drug-likeness (QED) is 0.651. The Morgan fingerprint density at radius 1 is 1.32 bits per heavy atom. The molecule has 1 aromatic carbocycles. The molecule has 8 heteroatoms. The monoisotopic (exact) mass is 355 g/mol. The highest BCUT2D eigenvalue weighted by Gasteiger charge is 2.14. The van der Waals surface area contributed by atoms with Crippen LogP contribution in [0.1, 0.15) is 10.4 Å². The number of hydrogen-bond acceptors (Lipinski definition) is 4. The Morgan fingerprint density at radius 2 is 2.09 bits per heavy atom. The first-order valence-electron chi connectivity index (χ1n) is 6.07. The summed E-state index contributed by atoms with van der Waals surface area (Å²) in [6, 6.07) is 8.11. The van der Waals surface area contributed by atoms with E-state index in [0.29, 0.717) is 16.5 Å². The van der Waals surface area contributed by atoms with Gasteiger partial charge in [0, 0.05) is 11.2 Å². The van der Waals surface area contributed by atoms with Crippen molar-refractivity contribution in [3.8, 4) is 5.75 Å². The Hall–Kier alpha value is -1.89. The second-order valence-corrected chi connectivity index (χ2v) is 5.30. The largest absolute Gasteiger partial charge is 0.496 e.